The molecule has 8 heteroatoms. The van der Waals surface area contributed by atoms with Crippen molar-refractivity contribution in [3.63, 3.8) is 0 Å². The minimum Gasteiger partial charge on any atom is -0.447 e. The van der Waals surface area contributed by atoms with E-state index in [2.05, 4.69) is 10.6 Å². The van der Waals surface area contributed by atoms with Crippen LogP contribution in [0.3, 0.4) is 0 Å². The van der Waals surface area contributed by atoms with Crippen LogP contribution in [0.5, 0.6) is 0 Å². The molecule has 0 unspecified atom stereocenters. The van der Waals surface area contributed by atoms with E-state index in [-0.39, 0.29) is 13.2 Å². The van der Waals surface area contributed by atoms with Crippen LogP contribution in [0.15, 0.2) is 0 Å². The lowest BCUT2D eigenvalue weighted by Crippen LogP contribution is -2.64. The van der Waals surface area contributed by atoms with Crippen molar-refractivity contribution in [1.29, 1.82) is 0 Å². The predicted octanol–water partition coefficient (Wildman–Crippen LogP) is 0.999. The topological polar surface area (TPSA) is 97.0 Å². The molecule has 0 bridgehead atoms. The summed E-state index contributed by atoms with van der Waals surface area (Å²) >= 11 is 0. The molecule has 8 nitrogen and oxygen atoms in total. The summed E-state index contributed by atoms with van der Waals surface area (Å²) in [5.41, 5.74) is -0.856. The monoisotopic (exact) mass is 343 g/mol. The van der Waals surface area contributed by atoms with Gasteiger partial charge in [-0.05, 0) is 41.5 Å². The number of nitrogens with zero attached hydrogens (tertiary/aromatic N) is 1. The molecule has 2 atom stereocenters. The maximum absolute atomic E-state index is 12.9. The van der Waals surface area contributed by atoms with Gasteiger partial charge in [-0.3, -0.25) is 20.2 Å². The molecule has 0 aromatic rings. The third-order valence-corrected chi connectivity index (χ3v) is 3.05. The van der Waals surface area contributed by atoms with Gasteiger partial charge in [0, 0.05) is 18.0 Å². The third-order valence-electron chi connectivity index (χ3n) is 3.05. The molecule has 1 aliphatic heterocycles. The number of amides is 2. The number of cyclic esters (lactones) is 1. The fraction of sp³-hybridized carbons (Fsp3) is 0.812. The summed E-state index contributed by atoms with van der Waals surface area (Å²) in [5, 5.41) is 6.27. The second-order valence-corrected chi connectivity index (χ2v) is 7.90. The van der Waals surface area contributed by atoms with E-state index >= 15 is 0 Å². The van der Waals surface area contributed by atoms with Gasteiger partial charge in [0.2, 0.25) is 0 Å². The molecule has 0 radical (unpaired) electrons. The van der Waals surface area contributed by atoms with Crippen molar-refractivity contribution >= 4 is 18.0 Å². The number of esters is 1. The van der Waals surface area contributed by atoms with Gasteiger partial charge < -0.3 is 9.47 Å². The number of carbonyl (C=O) groups is 3. The first kappa shape index (κ1) is 20.4. The molecule has 0 aliphatic carbocycles. The fourth-order valence-electron chi connectivity index (χ4n) is 2.28. The van der Waals surface area contributed by atoms with Crippen molar-refractivity contribution < 1.29 is 23.9 Å². The van der Waals surface area contributed by atoms with Gasteiger partial charge in [-0.2, -0.15) is 0 Å². The van der Waals surface area contributed by atoms with Crippen LogP contribution in [0, 0.1) is 0 Å². The zero-order chi connectivity index (χ0) is 18.7. The molecule has 1 fully saturated rings. The van der Waals surface area contributed by atoms with Gasteiger partial charge in [-0.1, -0.05) is 0 Å². The van der Waals surface area contributed by atoms with E-state index in [0.717, 1.165) is 4.90 Å². The van der Waals surface area contributed by atoms with Gasteiger partial charge in [-0.15, -0.1) is 0 Å². The molecular weight excluding hydrogens is 314 g/mol. The van der Waals surface area contributed by atoms with Crippen molar-refractivity contribution in [2.24, 2.45) is 0 Å². The zero-order valence-corrected chi connectivity index (χ0v) is 15.6. The second kappa shape index (κ2) is 7.48. The Kier molecular flexibility index (Phi) is 6.35. The first-order valence-electron chi connectivity index (χ1n) is 8.01. The van der Waals surface area contributed by atoms with Crippen molar-refractivity contribution in [3.05, 3.63) is 0 Å². The van der Waals surface area contributed by atoms with Crippen LogP contribution in [0.4, 0.5) is 4.79 Å². The Morgan fingerprint density at radius 2 is 1.67 bits per heavy atom. The Morgan fingerprint density at radius 1 is 1.12 bits per heavy atom. The molecule has 2 N–H and O–H groups in total. The van der Waals surface area contributed by atoms with Gasteiger partial charge in [0.25, 0.3) is 5.91 Å². The minimum absolute atomic E-state index is 0.164. The predicted molar refractivity (Wildman–Crippen MR) is 88.2 cm³/mol. The van der Waals surface area contributed by atoms with E-state index in [1.807, 2.05) is 41.5 Å². The number of ether oxygens (including phenoxy) is 2. The highest BCUT2D eigenvalue weighted by molar-refractivity contribution is 5.96. The molecule has 0 aromatic heterocycles. The van der Waals surface area contributed by atoms with Crippen LogP contribution < -0.4 is 10.6 Å². The fourth-order valence-corrected chi connectivity index (χ4v) is 2.28. The normalized spacial score (nSPS) is 18.1. The second-order valence-electron chi connectivity index (χ2n) is 7.90. The molecule has 1 rings (SSSR count). The first-order valence-corrected chi connectivity index (χ1v) is 8.01. The lowest BCUT2D eigenvalue weighted by Gasteiger charge is -2.37. The average molecular weight is 343 g/mol. The van der Waals surface area contributed by atoms with E-state index in [1.54, 1.807) is 0 Å². The quantitative estimate of drug-likeness (QED) is 0.568. The SMILES string of the molecule is CC(=O)O[C@H](NC(C)(C)C)[C@@H](NC(C)(C)C)C(=O)N1CCOC1=O. The van der Waals surface area contributed by atoms with Gasteiger partial charge in [-0.25, -0.2) is 9.69 Å². The Morgan fingerprint density at radius 3 is 2.04 bits per heavy atom. The van der Waals surface area contributed by atoms with Crippen LogP contribution >= 0.6 is 0 Å². The van der Waals surface area contributed by atoms with E-state index in [0.29, 0.717) is 0 Å². The van der Waals surface area contributed by atoms with Crippen molar-refractivity contribution in [3.8, 4) is 0 Å². The summed E-state index contributed by atoms with van der Waals surface area (Å²) < 4.78 is 10.2. The number of imide groups is 1. The van der Waals surface area contributed by atoms with Gasteiger partial charge in [0.05, 0.1) is 6.54 Å². The molecular formula is C16H29N3O5. The molecule has 1 saturated heterocycles. The van der Waals surface area contributed by atoms with Gasteiger partial charge >= 0.3 is 12.1 Å². The van der Waals surface area contributed by atoms with Gasteiger partial charge in [0.15, 0.2) is 6.23 Å². The Bertz CT molecular complexity index is 493. The number of carbonyl (C=O) groups excluding carboxylic acids is 3. The molecule has 1 aliphatic rings. The average Bonchev–Trinajstić information content (AvgIpc) is 2.77. The summed E-state index contributed by atoms with van der Waals surface area (Å²) in [6, 6.07) is -0.932. The smallest absolute Gasteiger partial charge is 0.416 e. The van der Waals surface area contributed by atoms with E-state index in [1.165, 1.54) is 6.92 Å². The summed E-state index contributed by atoms with van der Waals surface area (Å²) in [5.74, 6) is -1.01. The Labute approximate surface area is 143 Å². The maximum Gasteiger partial charge on any atom is 0.416 e. The Hall–Kier alpha value is -1.67. The number of hydrogen-bond acceptors (Lipinski definition) is 7. The molecule has 138 valence electrons. The van der Waals surface area contributed by atoms with Crippen LogP contribution in [0.1, 0.15) is 48.5 Å². The van der Waals surface area contributed by atoms with Crippen molar-refractivity contribution in [1.82, 2.24) is 15.5 Å². The molecule has 0 spiro atoms. The first-order chi connectivity index (χ1) is 10.8. The van der Waals surface area contributed by atoms with Crippen LogP contribution in [0.2, 0.25) is 0 Å². The van der Waals surface area contributed by atoms with E-state index in [4.69, 9.17) is 9.47 Å². The molecule has 24 heavy (non-hydrogen) atoms. The summed E-state index contributed by atoms with van der Waals surface area (Å²) in [6.45, 7) is 13.0. The summed E-state index contributed by atoms with van der Waals surface area (Å²) in [6.07, 6.45) is -1.61. The van der Waals surface area contributed by atoms with E-state index in [9.17, 15) is 14.4 Å². The standard InChI is InChI=1S/C16H29N3O5/c1-10(20)24-12(18-16(5,6)7)11(17-15(2,3)4)13(21)19-8-9-23-14(19)22/h11-12,17-18H,8-9H2,1-7H3/t11-,12+/m1/s1. The summed E-state index contributed by atoms with van der Waals surface area (Å²) in [7, 11) is 0. The summed E-state index contributed by atoms with van der Waals surface area (Å²) in [4.78, 5) is 37.2. The Balaban J connectivity index is 3.13. The largest absolute Gasteiger partial charge is 0.447 e. The van der Waals surface area contributed by atoms with Crippen LogP contribution in [0.25, 0.3) is 0 Å². The lowest BCUT2D eigenvalue weighted by atomic mass is 10.0. The highest BCUT2D eigenvalue weighted by Crippen LogP contribution is 2.15. The maximum atomic E-state index is 12.9. The van der Waals surface area contributed by atoms with Crippen molar-refractivity contribution in [2.75, 3.05) is 13.2 Å². The highest BCUT2D eigenvalue weighted by atomic mass is 16.6. The highest BCUT2D eigenvalue weighted by Gasteiger charge is 2.41. The molecule has 2 amide bonds. The van der Waals surface area contributed by atoms with E-state index < -0.39 is 41.3 Å². The molecule has 0 aromatic carbocycles. The van der Waals surface area contributed by atoms with Gasteiger partial charge in [0.1, 0.15) is 12.6 Å². The minimum atomic E-state index is -0.932. The van der Waals surface area contributed by atoms with Crippen LogP contribution in [-0.2, 0) is 19.1 Å². The molecule has 0 saturated carbocycles. The zero-order valence-electron chi connectivity index (χ0n) is 15.6. The number of rotatable bonds is 5. The van der Waals surface area contributed by atoms with Crippen LogP contribution in [-0.4, -0.2) is 59.4 Å². The lowest BCUT2D eigenvalue weighted by molar-refractivity contribution is -0.154. The third kappa shape index (κ3) is 6.45. The number of hydrogen-bond donors (Lipinski definition) is 2. The number of nitrogens with one attached hydrogen (secondary N) is 2. The molecule has 1 heterocycles. The van der Waals surface area contributed by atoms with Crippen molar-refractivity contribution in [2.45, 2.75) is 71.8 Å².